The van der Waals surface area contributed by atoms with Gasteiger partial charge in [0.25, 0.3) is 0 Å². The predicted octanol–water partition coefficient (Wildman–Crippen LogP) is 1.41. The van der Waals surface area contributed by atoms with Crippen molar-refractivity contribution in [2.75, 3.05) is 7.05 Å². The molecule has 1 heterocycles. The Hall–Kier alpha value is -0.170. The van der Waals surface area contributed by atoms with E-state index in [4.69, 9.17) is 11.6 Å². The smallest absolute Gasteiger partial charge is 0.228 e. The molecule has 0 bridgehead atoms. The minimum absolute atomic E-state index is 0.0279. The molecule has 0 aromatic carbocycles. The van der Waals surface area contributed by atoms with Crippen molar-refractivity contribution >= 4 is 37.6 Å². The van der Waals surface area contributed by atoms with Crippen LogP contribution in [-0.2, 0) is 10.0 Å². The normalized spacial score (nSPS) is 11.6. The number of hydrogen-bond acceptors (Lipinski definition) is 3. The van der Waals surface area contributed by atoms with Gasteiger partial charge in [-0.1, -0.05) is 11.6 Å². The van der Waals surface area contributed by atoms with Crippen LogP contribution in [0.4, 0.5) is 0 Å². The standard InChI is InChI=1S/C6H6BrClN2O2S/c1-9-13(11,12)4-2-3-5(7)10-6(4)8/h2-3,9H,1H3. The lowest BCUT2D eigenvalue weighted by Gasteiger charge is -2.03. The van der Waals surface area contributed by atoms with Crippen molar-refractivity contribution in [1.29, 1.82) is 0 Å². The van der Waals surface area contributed by atoms with Crippen LogP contribution in [0.25, 0.3) is 0 Å². The molecule has 7 heteroatoms. The maximum absolute atomic E-state index is 11.3. The molecule has 0 aliphatic heterocycles. The van der Waals surface area contributed by atoms with Crippen molar-refractivity contribution in [3.8, 4) is 0 Å². The molecule has 0 atom stereocenters. The molecule has 0 aliphatic carbocycles. The van der Waals surface area contributed by atoms with Gasteiger partial charge in [-0.2, -0.15) is 0 Å². The van der Waals surface area contributed by atoms with Crippen LogP contribution in [0.1, 0.15) is 0 Å². The summed E-state index contributed by atoms with van der Waals surface area (Å²) in [5.74, 6) is 0. The molecule has 4 nitrogen and oxygen atoms in total. The van der Waals surface area contributed by atoms with Crippen molar-refractivity contribution in [2.45, 2.75) is 4.90 Å². The summed E-state index contributed by atoms with van der Waals surface area (Å²) < 4.78 is 25.2. The minimum Gasteiger partial charge on any atom is -0.228 e. The molecule has 0 saturated heterocycles. The van der Waals surface area contributed by atoms with Crippen LogP contribution in [0.5, 0.6) is 0 Å². The molecular formula is C6H6BrClN2O2S. The monoisotopic (exact) mass is 284 g/mol. The highest BCUT2D eigenvalue weighted by atomic mass is 79.9. The summed E-state index contributed by atoms with van der Waals surface area (Å²) in [6.07, 6.45) is 0. The average Bonchev–Trinajstić information content (AvgIpc) is 2.03. The van der Waals surface area contributed by atoms with Gasteiger partial charge in [-0.15, -0.1) is 0 Å². The first-order valence-electron chi connectivity index (χ1n) is 3.23. The molecule has 0 unspecified atom stereocenters. The maximum Gasteiger partial charge on any atom is 0.243 e. The van der Waals surface area contributed by atoms with Gasteiger partial charge in [-0.3, -0.25) is 0 Å². The SMILES string of the molecule is CNS(=O)(=O)c1ccc(Br)nc1Cl. The highest BCUT2D eigenvalue weighted by molar-refractivity contribution is 9.10. The van der Waals surface area contributed by atoms with Gasteiger partial charge in [0.15, 0.2) is 0 Å². The second kappa shape index (κ2) is 3.91. The Kier molecular flexibility index (Phi) is 3.28. The third kappa shape index (κ3) is 2.40. The fraction of sp³-hybridized carbons (Fsp3) is 0.167. The molecule has 0 spiro atoms. The molecule has 72 valence electrons. The first-order chi connectivity index (χ1) is 5.97. The molecule has 0 aliphatic rings. The number of rotatable bonds is 2. The summed E-state index contributed by atoms with van der Waals surface area (Å²) in [5, 5.41) is -0.0521. The molecule has 1 rings (SSSR count). The molecular weight excluding hydrogens is 280 g/mol. The summed E-state index contributed by atoms with van der Waals surface area (Å²) in [4.78, 5) is 3.72. The van der Waals surface area contributed by atoms with E-state index in [-0.39, 0.29) is 10.0 Å². The zero-order valence-corrected chi connectivity index (χ0v) is 9.74. The van der Waals surface area contributed by atoms with E-state index in [2.05, 4.69) is 25.6 Å². The first-order valence-corrected chi connectivity index (χ1v) is 5.88. The van der Waals surface area contributed by atoms with Crippen LogP contribution in [0, 0.1) is 0 Å². The Bertz CT molecular complexity index is 421. The van der Waals surface area contributed by atoms with Crippen LogP contribution < -0.4 is 4.72 Å². The van der Waals surface area contributed by atoms with Crippen molar-refractivity contribution in [3.63, 3.8) is 0 Å². The number of sulfonamides is 1. The Morgan fingerprint density at radius 1 is 1.54 bits per heavy atom. The fourth-order valence-corrected chi connectivity index (χ4v) is 2.31. The van der Waals surface area contributed by atoms with Crippen molar-refractivity contribution < 1.29 is 8.42 Å². The quantitative estimate of drug-likeness (QED) is 0.836. The van der Waals surface area contributed by atoms with E-state index in [1.165, 1.54) is 19.2 Å². The minimum atomic E-state index is -3.51. The van der Waals surface area contributed by atoms with Crippen LogP contribution in [-0.4, -0.2) is 20.4 Å². The van der Waals surface area contributed by atoms with E-state index in [0.717, 1.165) is 0 Å². The second-order valence-electron chi connectivity index (χ2n) is 2.13. The molecule has 0 saturated carbocycles. The first kappa shape index (κ1) is 10.9. The van der Waals surface area contributed by atoms with Gasteiger partial charge >= 0.3 is 0 Å². The van der Waals surface area contributed by atoms with E-state index < -0.39 is 10.0 Å². The van der Waals surface area contributed by atoms with Crippen LogP contribution in [0.15, 0.2) is 21.6 Å². The van der Waals surface area contributed by atoms with E-state index >= 15 is 0 Å². The molecule has 1 N–H and O–H groups in total. The number of aromatic nitrogens is 1. The Morgan fingerprint density at radius 2 is 2.15 bits per heavy atom. The number of nitrogens with one attached hydrogen (secondary N) is 1. The van der Waals surface area contributed by atoms with E-state index in [1.807, 2.05) is 0 Å². The maximum atomic E-state index is 11.3. The van der Waals surface area contributed by atoms with E-state index in [0.29, 0.717) is 4.60 Å². The largest absolute Gasteiger partial charge is 0.243 e. The number of hydrogen-bond donors (Lipinski definition) is 1. The highest BCUT2D eigenvalue weighted by Crippen LogP contribution is 2.20. The summed E-state index contributed by atoms with van der Waals surface area (Å²) in [7, 11) is -2.20. The lowest BCUT2D eigenvalue weighted by molar-refractivity contribution is 0.588. The van der Waals surface area contributed by atoms with Gasteiger partial charge < -0.3 is 0 Å². The van der Waals surface area contributed by atoms with Crippen molar-refractivity contribution in [2.24, 2.45) is 0 Å². The van der Waals surface area contributed by atoms with E-state index in [1.54, 1.807) is 0 Å². The fourth-order valence-electron chi connectivity index (χ4n) is 0.710. The lowest BCUT2D eigenvalue weighted by Crippen LogP contribution is -2.19. The molecule has 1 aromatic heterocycles. The number of nitrogens with zero attached hydrogens (tertiary/aromatic N) is 1. The predicted molar refractivity (Wildman–Crippen MR) is 53.2 cm³/mol. The third-order valence-corrected chi connectivity index (χ3v) is 3.63. The highest BCUT2D eigenvalue weighted by Gasteiger charge is 2.16. The molecule has 0 fully saturated rings. The molecule has 13 heavy (non-hydrogen) atoms. The van der Waals surface area contributed by atoms with Gasteiger partial charge in [-0.25, -0.2) is 18.1 Å². The van der Waals surface area contributed by atoms with Gasteiger partial charge in [0.05, 0.1) is 0 Å². The van der Waals surface area contributed by atoms with Crippen molar-refractivity contribution in [1.82, 2.24) is 9.71 Å². The van der Waals surface area contributed by atoms with E-state index in [9.17, 15) is 8.42 Å². The van der Waals surface area contributed by atoms with Gasteiger partial charge in [0, 0.05) is 0 Å². The Labute approximate surface area is 89.5 Å². The summed E-state index contributed by atoms with van der Waals surface area (Å²) in [6, 6.07) is 2.89. The summed E-state index contributed by atoms with van der Waals surface area (Å²) >= 11 is 8.71. The molecule has 0 radical (unpaired) electrons. The number of halogens is 2. The second-order valence-corrected chi connectivity index (χ2v) is 5.16. The Balaban J connectivity index is 3.33. The van der Waals surface area contributed by atoms with Crippen LogP contribution in [0.3, 0.4) is 0 Å². The zero-order chi connectivity index (χ0) is 10.1. The van der Waals surface area contributed by atoms with Crippen molar-refractivity contribution in [3.05, 3.63) is 21.9 Å². The average molecular weight is 286 g/mol. The summed E-state index contributed by atoms with van der Waals surface area (Å²) in [6.45, 7) is 0. The van der Waals surface area contributed by atoms with Crippen LogP contribution >= 0.6 is 27.5 Å². The molecule has 0 amide bonds. The molecule has 1 aromatic rings. The van der Waals surface area contributed by atoms with Gasteiger partial charge in [-0.05, 0) is 35.1 Å². The van der Waals surface area contributed by atoms with Gasteiger partial charge in [0.1, 0.15) is 14.7 Å². The third-order valence-electron chi connectivity index (χ3n) is 1.34. The van der Waals surface area contributed by atoms with Gasteiger partial charge in [0.2, 0.25) is 10.0 Å². The lowest BCUT2D eigenvalue weighted by atomic mass is 10.5. The number of pyridine rings is 1. The zero-order valence-electron chi connectivity index (χ0n) is 6.58. The van der Waals surface area contributed by atoms with Crippen LogP contribution in [0.2, 0.25) is 5.15 Å². The summed E-state index contributed by atoms with van der Waals surface area (Å²) in [5.41, 5.74) is 0. The topological polar surface area (TPSA) is 59.1 Å². The Morgan fingerprint density at radius 3 is 2.62 bits per heavy atom.